The lowest BCUT2D eigenvalue weighted by Gasteiger charge is -2.34. The van der Waals surface area contributed by atoms with Crippen LogP contribution in [0, 0.1) is 12.8 Å². The van der Waals surface area contributed by atoms with Gasteiger partial charge in [-0.15, -0.1) is 0 Å². The first-order valence-electron chi connectivity index (χ1n) is 10.8. The number of aliphatic hydroxyl groups excluding tert-OH is 1. The Balaban J connectivity index is 1.32. The van der Waals surface area contributed by atoms with Crippen molar-refractivity contribution in [1.82, 2.24) is 9.80 Å². The number of aliphatic hydroxyl groups is 1. The van der Waals surface area contributed by atoms with E-state index in [0.29, 0.717) is 35.4 Å². The Morgan fingerprint density at radius 2 is 1.90 bits per heavy atom. The van der Waals surface area contributed by atoms with Gasteiger partial charge in [-0.05, 0) is 50.4 Å². The number of amides is 1. The molecule has 4 rings (SSSR count). The Kier molecular flexibility index (Phi) is 6.65. The molecule has 0 aliphatic carbocycles. The van der Waals surface area contributed by atoms with Crippen LogP contribution in [0.1, 0.15) is 40.6 Å². The predicted octanol–water partition coefficient (Wildman–Crippen LogP) is 4.91. The lowest BCUT2D eigenvalue weighted by molar-refractivity contribution is 0.0659. The van der Waals surface area contributed by atoms with Crippen molar-refractivity contribution in [1.29, 1.82) is 0 Å². The highest BCUT2D eigenvalue weighted by Gasteiger charge is 2.26. The molecule has 0 saturated carbocycles. The lowest BCUT2D eigenvalue weighted by atomic mass is 9.95. The number of piperidine rings is 1. The Labute approximate surface area is 188 Å². The highest BCUT2D eigenvalue weighted by molar-refractivity contribution is 6.35. The van der Waals surface area contributed by atoms with Gasteiger partial charge in [0.05, 0.1) is 11.1 Å². The Hall–Kier alpha value is -2.34. The molecule has 1 aliphatic heterocycles. The third-order valence-corrected chi connectivity index (χ3v) is 6.61. The monoisotopic (exact) mass is 440 g/mol. The van der Waals surface area contributed by atoms with E-state index in [4.69, 9.17) is 16.0 Å². The molecule has 164 valence electrons. The molecule has 1 atom stereocenters. The van der Waals surface area contributed by atoms with E-state index in [-0.39, 0.29) is 5.91 Å². The van der Waals surface area contributed by atoms with Crippen molar-refractivity contribution >= 4 is 28.5 Å². The summed E-state index contributed by atoms with van der Waals surface area (Å²) in [4.78, 5) is 17.1. The Morgan fingerprint density at radius 1 is 1.19 bits per heavy atom. The Bertz CT molecular complexity index is 1040. The second-order valence-electron chi connectivity index (χ2n) is 8.53. The van der Waals surface area contributed by atoms with Crippen LogP contribution in [-0.2, 0) is 0 Å². The van der Waals surface area contributed by atoms with Crippen LogP contribution < -0.4 is 0 Å². The zero-order chi connectivity index (χ0) is 22.0. The summed E-state index contributed by atoms with van der Waals surface area (Å²) in [6, 6.07) is 15.4. The molecule has 1 N–H and O–H groups in total. The SMILES string of the molecule is Cc1c(C(=O)N(C)CC2CCN(CC(O)c3ccccc3)CC2)oc2c(Cl)cccc12. The van der Waals surface area contributed by atoms with Crippen molar-refractivity contribution in [2.75, 3.05) is 33.2 Å². The summed E-state index contributed by atoms with van der Waals surface area (Å²) in [5, 5.41) is 11.9. The van der Waals surface area contributed by atoms with Gasteiger partial charge in [-0.3, -0.25) is 4.79 Å². The number of hydrogen-bond acceptors (Lipinski definition) is 4. The molecule has 1 aliphatic rings. The van der Waals surface area contributed by atoms with E-state index < -0.39 is 6.10 Å². The summed E-state index contributed by atoms with van der Waals surface area (Å²) in [6.45, 7) is 5.09. The van der Waals surface area contributed by atoms with Gasteiger partial charge >= 0.3 is 0 Å². The molecule has 1 unspecified atom stereocenters. The summed E-state index contributed by atoms with van der Waals surface area (Å²) in [6.07, 6.45) is 1.54. The van der Waals surface area contributed by atoms with Crippen LogP contribution in [0.3, 0.4) is 0 Å². The van der Waals surface area contributed by atoms with Crippen molar-refractivity contribution in [2.24, 2.45) is 5.92 Å². The van der Waals surface area contributed by atoms with Gasteiger partial charge in [0, 0.05) is 31.1 Å². The largest absolute Gasteiger partial charge is 0.449 e. The smallest absolute Gasteiger partial charge is 0.289 e. The molecule has 1 aromatic heterocycles. The molecule has 2 heterocycles. The average Bonchev–Trinajstić information content (AvgIpc) is 3.13. The molecular formula is C25H29ClN2O3. The average molecular weight is 441 g/mol. The van der Waals surface area contributed by atoms with E-state index in [2.05, 4.69) is 4.90 Å². The van der Waals surface area contributed by atoms with E-state index in [1.807, 2.05) is 56.4 Å². The molecule has 0 spiro atoms. The number of likely N-dealkylation sites (tertiary alicyclic amines) is 1. The number of halogens is 1. The minimum absolute atomic E-state index is 0.105. The topological polar surface area (TPSA) is 56.9 Å². The van der Waals surface area contributed by atoms with Gasteiger partial charge in [0.15, 0.2) is 11.3 Å². The maximum Gasteiger partial charge on any atom is 0.289 e. The molecule has 1 fully saturated rings. The molecular weight excluding hydrogens is 412 g/mol. The second-order valence-corrected chi connectivity index (χ2v) is 8.94. The number of aryl methyl sites for hydroxylation is 1. The lowest BCUT2D eigenvalue weighted by Crippen LogP contribution is -2.40. The minimum Gasteiger partial charge on any atom is -0.449 e. The third-order valence-electron chi connectivity index (χ3n) is 6.31. The van der Waals surface area contributed by atoms with Gasteiger partial charge in [0.25, 0.3) is 5.91 Å². The highest BCUT2D eigenvalue weighted by Crippen LogP contribution is 2.31. The number of β-amino-alcohol motifs (C(OH)–C–C–N with tert-alkyl or cyclic N) is 1. The molecule has 0 radical (unpaired) electrons. The van der Waals surface area contributed by atoms with Crippen LogP contribution in [0.25, 0.3) is 11.0 Å². The number of carbonyl (C=O) groups excluding carboxylic acids is 1. The molecule has 1 amide bonds. The summed E-state index contributed by atoms with van der Waals surface area (Å²) in [5.74, 6) is 0.702. The van der Waals surface area contributed by atoms with E-state index in [1.165, 1.54) is 0 Å². The van der Waals surface area contributed by atoms with Gasteiger partial charge in [-0.2, -0.15) is 0 Å². The zero-order valence-electron chi connectivity index (χ0n) is 18.1. The van der Waals surface area contributed by atoms with Gasteiger partial charge in [-0.1, -0.05) is 54.1 Å². The number of para-hydroxylation sites is 1. The van der Waals surface area contributed by atoms with Crippen LogP contribution in [0.4, 0.5) is 0 Å². The van der Waals surface area contributed by atoms with E-state index >= 15 is 0 Å². The van der Waals surface area contributed by atoms with Crippen molar-refractivity contribution in [3.63, 3.8) is 0 Å². The van der Waals surface area contributed by atoms with Crippen molar-refractivity contribution in [2.45, 2.75) is 25.9 Å². The molecule has 1 saturated heterocycles. The fourth-order valence-electron chi connectivity index (χ4n) is 4.43. The fraction of sp³-hybridized carbons (Fsp3) is 0.400. The van der Waals surface area contributed by atoms with Gasteiger partial charge < -0.3 is 19.3 Å². The fourth-order valence-corrected chi connectivity index (χ4v) is 4.65. The quantitative estimate of drug-likeness (QED) is 0.591. The zero-order valence-corrected chi connectivity index (χ0v) is 18.8. The standard InChI is InChI=1S/C25H29ClN2O3/c1-17-20-9-6-10-21(26)24(20)31-23(17)25(30)27(2)15-18-11-13-28(14-12-18)16-22(29)19-7-4-3-5-8-19/h3-10,18,22,29H,11-16H2,1-2H3. The van der Waals surface area contributed by atoms with Crippen molar-refractivity contribution in [3.8, 4) is 0 Å². The van der Waals surface area contributed by atoms with Gasteiger partial charge in [0.2, 0.25) is 0 Å². The summed E-state index contributed by atoms with van der Waals surface area (Å²) in [5.41, 5.74) is 2.36. The number of rotatable bonds is 6. The van der Waals surface area contributed by atoms with Crippen LogP contribution >= 0.6 is 11.6 Å². The van der Waals surface area contributed by atoms with Crippen molar-refractivity contribution < 1.29 is 14.3 Å². The predicted molar refractivity (Wildman–Crippen MR) is 123 cm³/mol. The van der Waals surface area contributed by atoms with E-state index in [1.54, 1.807) is 11.0 Å². The minimum atomic E-state index is -0.468. The molecule has 0 bridgehead atoms. The Morgan fingerprint density at radius 3 is 2.58 bits per heavy atom. The molecule has 3 aromatic rings. The van der Waals surface area contributed by atoms with Crippen LogP contribution in [0.15, 0.2) is 52.9 Å². The molecule has 2 aromatic carbocycles. The van der Waals surface area contributed by atoms with Crippen molar-refractivity contribution in [3.05, 3.63) is 70.4 Å². The van der Waals surface area contributed by atoms with Gasteiger partial charge in [0.1, 0.15) is 0 Å². The maximum absolute atomic E-state index is 13.0. The second kappa shape index (κ2) is 9.43. The van der Waals surface area contributed by atoms with E-state index in [9.17, 15) is 9.90 Å². The summed E-state index contributed by atoms with van der Waals surface area (Å²) in [7, 11) is 1.84. The first kappa shape index (κ1) is 21.9. The summed E-state index contributed by atoms with van der Waals surface area (Å²) < 4.78 is 5.85. The maximum atomic E-state index is 13.0. The van der Waals surface area contributed by atoms with E-state index in [0.717, 1.165) is 42.4 Å². The van der Waals surface area contributed by atoms with Crippen LogP contribution in [0.5, 0.6) is 0 Å². The first-order valence-corrected chi connectivity index (χ1v) is 11.2. The molecule has 31 heavy (non-hydrogen) atoms. The number of hydrogen-bond donors (Lipinski definition) is 1. The van der Waals surface area contributed by atoms with Gasteiger partial charge in [-0.25, -0.2) is 0 Å². The number of carbonyl (C=O) groups is 1. The third kappa shape index (κ3) is 4.79. The number of nitrogens with zero attached hydrogens (tertiary/aromatic N) is 2. The van der Waals surface area contributed by atoms with Crippen LogP contribution in [-0.4, -0.2) is 54.0 Å². The number of benzene rings is 2. The van der Waals surface area contributed by atoms with Crippen LogP contribution in [0.2, 0.25) is 5.02 Å². The summed E-state index contributed by atoms with van der Waals surface area (Å²) >= 11 is 6.23. The first-order chi connectivity index (χ1) is 14.9. The molecule has 6 heteroatoms. The number of fused-ring (bicyclic) bond motifs is 1. The molecule has 5 nitrogen and oxygen atoms in total. The normalized spacial score (nSPS) is 16.5. The number of furan rings is 1. The highest BCUT2D eigenvalue weighted by atomic mass is 35.5.